The summed E-state index contributed by atoms with van der Waals surface area (Å²) in [4.78, 5) is 19.0. The molecule has 1 saturated heterocycles. The molecule has 1 aromatic carbocycles. The zero-order valence-corrected chi connectivity index (χ0v) is 10.8. The van der Waals surface area contributed by atoms with E-state index in [0.717, 1.165) is 17.4 Å². The van der Waals surface area contributed by atoms with Gasteiger partial charge in [-0.3, -0.25) is 4.79 Å². The summed E-state index contributed by atoms with van der Waals surface area (Å²) in [6, 6.07) is 9.60. The number of likely N-dealkylation sites (N-methyl/N-ethyl adjacent to an activating group) is 1. The van der Waals surface area contributed by atoms with Crippen LogP contribution in [-0.4, -0.2) is 58.7 Å². The minimum atomic E-state index is -0.738. The highest BCUT2D eigenvalue weighted by atomic mass is 16.3. The predicted molar refractivity (Wildman–Crippen MR) is 72.8 cm³/mol. The molecule has 2 aromatic rings. The Kier molecular flexibility index (Phi) is 3.00. The van der Waals surface area contributed by atoms with Gasteiger partial charge >= 0.3 is 0 Å². The van der Waals surface area contributed by atoms with Crippen LogP contribution in [0.1, 0.15) is 10.5 Å². The minimum Gasteiger partial charge on any atom is -0.372 e. The van der Waals surface area contributed by atoms with E-state index in [0.29, 0.717) is 18.8 Å². The highest BCUT2D eigenvalue weighted by molar-refractivity contribution is 5.98. The summed E-state index contributed by atoms with van der Waals surface area (Å²) in [5.41, 5.74) is 1.47. The van der Waals surface area contributed by atoms with Crippen molar-refractivity contribution in [3.05, 3.63) is 36.0 Å². The van der Waals surface area contributed by atoms with E-state index in [1.54, 1.807) is 0 Å². The molecule has 0 saturated carbocycles. The van der Waals surface area contributed by atoms with Crippen molar-refractivity contribution in [3.63, 3.8) is 0 Å². The van der Waals surface area contributed by atoms with Crippen molar-refractivity contribution in [1.82, 2.24) is 14.8 Å². The van der Waals surface area contributed by atoms with Gasteiger partial charge in [0.2, 0.25) is 0 Å². The Labute approximate surface area is 111 Å². The summed E-state index contributed by atoms with van der Waals surface area (Å²) in [5.74, 6) is -0.142. The van der Waals surface area contributed by atoms with E-state index in [9.17, 15) is 9.90 Å². The number of aliphatic hydroxyl groups is 1. The van der Waals surface area contributed by atoms with Crippen molar-refractivity contribution in [2.45, 2.75) is 6.23 Å². The zero-order valence-electron chi connectivity index (χ0n) is 10.8. The van der Waals surface area contributed by atoms with Crippen LogP contribution in [0.3, 0.4) is 0 Å². The molecule has 100 valence electrons. The molecule has 1 aliphatic heterocycles. The Morgan fingerprint density at radius 1 is 1.37 bits per heavy atom. The molecule has 0 radical (unpaired) electrons. The quantitative estimate of drug-likeness (QED) is 0.799. The van der Waals surface area contributed by atoms with Crippen molar-refractivity contribution in [3.8, 4) is 0 Å². The van der Waals surface area contributed by atoms with Crippen LogP contribution < -0.4 is 0 Å². The molecular weight excluding hydrogens is 242 g/mol. The molecular formula is C14H17N3O2. The fraction of sp³-hybridized carbons (Fsp3) is 0.357. The normalized spacial score (nSPS) is 20.9. The number of carbonyl (C=O) groups excluding carboxylic acids is 1. The number of hydrogen-bond acceptors (Lipinski definition) is 3. The van der Waals surface area contributed by atoms with E-state index in [1.807, 2.05) is 42.3 Å². The highest BCUT2D eigenvalue weighted by Gasteiger charge is 2.28. The molecule has 1 unspecified atom stereocenters. The molecule has 1 aromatic heterocycles. The number of piperazine rings is 1. The van der Waals surface area contributed by atoms with Gasteiger partial charge in [-0.15, -0.1) is 0 Å². The molecule has 0 bridgehead atoms. The van der Waals surface area contributed by atoms with Crippen molar-refractivity contribution in [2.24, 2.45) is 0 Å². The first-order chi connectivity index (χ1) is 9.15. The molecule has 0 spiro atoms. The van der Waals surface area contributed by atoms with Gasteiger partial charge in [-0.1, -0.05) is 18.2 Å². The highest BCUT2D eigenvalue weighted by Crippen LogP contribution is 2.17. The molecule has 19 heavy (non-hydrogen) atoms. The number of rotatable bonds is 1. The van der Waals surface area contributed by atoms with Crippen LogP contribution in [0.5, 0.6) is 0 Å². The van der Waals surface area contributed by atoms with Crippen molar-refractivity contribution >= 4 is 16.8 Å². The first-order valence-electron chi connectivity index (χ1n) is 6.40. The zero-order chi connectivity index (χ0) is 13.4. The van der Waals surface area contributed by atoms with Crippen LogP contribution >= 0.6 is 0 Å². The van der Waals surface area contributed by atoms with E-state index in [-0.39, 0.29) is 5.91 Å². The third kappa shape index (κ3) is 2.22. The van der Waals surface area contributed by atoms with Crippen LogP contribution in [0.4, 0.5) is 0 Å². The van der Waals surface area contributed by atoms with E-state index in [4.69, 9.17) is 0 Å². The fourth-order valence-electron chi connectivity index (χ4n) is 2.48. The monoisotopic (exact) mass is 259 g/mol. The van der Waals surface area contributed by atoms with Crippen molar-refractivity contribution in [2.75, 3.05) is 26.7 Å². The third-order valence-corrected chi connectivity index (χ3v) is 3.58. The number of nitrogens with zero attached hydrogens (tertiary/aromatic N) is 2. The van der Waals surface area contributed by atoms with Gasteiger partial charge in [-0.25, -0.2) is 0 Å². The summed E-state index contributed by atoms with van der Waals surface area (Å²) >= 11 is 0. The van der Waals surface area contributed by atoms with Gasteiger partial charge < -0.3 is 19.9 Å². The molecule has 1 fully saturated rings. The maximum absolute atomic E-state index is 12.4. The first kappa shape index (κ1) is 12.2. The molecule has 1 amide bonds. The minimum absolute atomic E-state index is 0.142. The van der Waals surface area contributed by atoms with Gasteiger partial charge in [0.25, 0.3) is 5.91 Å². The lowest BCUT2D eigenvalue weighted by Crippen LogP contribution is -2.54. The largest absolute Gasteiger partial charge is 0.372 e. The number of aromatic nitrogens is 1. The van der Waals surface area contributed by atoms with Crippen molar-refractivity contribution < 1.29 is 9.90 Å². The molecule has 1 atom stereocenters. The number of aromatic amines is 1. The summed E-state index contributed by atoms with van der Waals surface area (Å²) < 4.78 is 0. The molecule has 5 heteroatoms. The van der Waals surface area contributed by atoms with Gasteiger partial charge in [0.15, 0.2) is 0 Å². The van der Waals surface area contributed by atoms with E-state index >= 15 is 0 Å². The molecule has 2 heterocycles. The number of H-pyrrole nitrogens is 1. The number of fused-ring (bicyclic) bond motifs is 1. The van der Waals surface area contributed by atoms with Crippen LogP contribution in [0, 0.1) is 0 Å². The van der Waals surface area contributed by atoms with E-state index < -0.39 is 6.23 Å². The van der Waals surface area contributed by atoms with E-state index in [1.165, 1.54) is 4.90 Å². The van der Waals surface area contributed by atoms with Crippen LogP contribution in [0.15, 0.2) is 30.3 Å². The Bertz CT molecular complexity index is 575. The number of carbonyl (C=O) groups is 1. The second kappa shape index (κ2) is 4.68. The number of β-amino-alcohol motifs (C(OH)–C–C–N with tert-alkyl or cyclic N) is 1. The van der Waals surface area contributed by atoms with Gasteiger partial charge in [-0.2, -0.15) is 0 Å². The Morgan fingerprint density at radius 2 is 2.16 bits per heavy atom. The van der Waals surface area contributed by atoms with Gasteiger partial charge in [0.1, 0.15) is 11.9 Å². The molecule has 2 N–H and O–H groups in total. The first-order valence-corrected chi connectivity index (χ1v) is 6.40. The number of para-hydroxylation sites is 1. The second-order valence-corrected chi connectivity index (χ2v) is 5.01. The topological polar surface area (TPSA) is 59.6 Å². The number of amides is 1. The lowest BCUT2D eigenvalue weighted by Gasteiger charge is -2.36. The SMILES string of the molecule is CN1CCN(C(=O)c2cc3ccccc3[nH]2)C(O)C1. The van der Waals surface area contributed by atoms with Gasteiger partial charge in [-0.05, 0) is 19.2 Å². The molecule has 5 nitrogen and oxygen atoms in total. The number of nitrogens with one attached hydrogen (secondary N) is 1. The smallest absolute Gasteiger partial charge is 0.272 e. The molecule has 1 aliphatic rings. The standard InChI is InChI=1S/C14H17N3O2/c1-16-6-7-17(13(18)9-16)14(19)12-8-10-4-2-3-5-11(10)15-12/h2-5,8,13,15,18H,6-7,9H2,1H3. The lowest BCUT2D eigenvalue weighted by molar-refractivity contribution is -0.0338. The van der Waals surface area contributed by atoms with E-state index in [2.05, 4.69) is 4.98 Å². The summed E-state index contributed by atoms with van der Waals surface area (Å²) in [6.45, 7) is 1.82. The fourth-order valence-corrected chi connectivity index (χ4v) is 2.48. The summed E-state index contributed by atoms with van der Waals surface area (Å²) in [5, 5.41) is 11.0. The Balaban J connectivity index is 1.87. The maximum Gasteiger partial charge on any atom is 0.272 e. The second-order valence-electron chi connectivity index (χ2n) is 5.01. The van der Waals surface area contributed by atoms with Gasteiger partial charge in [0.05, 0.1) is 0 Å². The number of benzene rings is 1. The van der Waals surface area contributed by atoms with Crippen LogP contribution in [-0.2, 0) is 0 Å². The van der Waals surface area contributed by atoms with Gasteiger partial charge in [0, 0.05) is 30.5 Å². The maximum atomic E-state index is 12.4. The van der Waals surface area contributed by atoms with Crippen LogP contribution in [0.25, 0.3) is 10.9 Å². The third-order valence-electron chi connectivity index (χ3n) is 3.58. The predicted octanol–water partition coefficient (Wildman–Crippen LogP) is 0.874. The average Bonchev–Trinajstić information content (AvgIpc) is 2.81. The molecule has 3 rings (SSSR count). The Hall–Kier alpha value is -1.85. The van der Waals surface area contributed by atoms with Crippen molar-refractivity contribution in [1.29, 1.82) is 0 Å². The number of aliphatic hydroxyl groups excluding tert-OH is 1. The summed E-state index contributed by atoms with van der Waals surface area (Å²) in [7, 11) is 1.94. The molecule has 0 aliphatic carbocycles. The Morgan fingerprint density at radius 3 is 2.89 bits per heavy atom. The summed E-state index contributed by atoms with van der Waals surface area (Å²) in [6.07, 6.45) is -0.738. The van der Waals surface area contributed by atoms with Crippen LogP contribution in [0.2, 0.25) is 0 Å². The lowest BCUT2D eigenvalue weighted by atomic mass is 10.2. The number of hydrogen-bond donors (Lipinski definition) is 2. The average molecular weight is 259 g/mol.